The van der Waals surface area contributed by atoms with Gasteiger partial charge in [0.25, 0.3) is 10.0 Å². The lowest BCUT2D eigenvalue weighted by atomic mass is 10.1. The summed E-state index contributed by atoms with van der Waals surface area (Å²) < 4.78 is 42.4. The van der Waals surface area contributed by atoms with Crippen molar-refractivity contribution in [2.45, 2.75) is 64.1 Å². The number of carbonyl (C=O) groups excluding carboxylic acids is 2. The normalized spacial score (nSPS) is 12.9. The van der Waals surface area contributed by atoms with E-state index in [-0.39, 0.29) is 35.5 Å². The standard InChI is InChI=1S/C30H34Cl2FN3O4S/c1-5-21(4)34-30(38)28(6-2)35(18-25-26(31)8-7-9-27(25)32)29(37)19-36(23-14-12-22(33)13-15-23)41(39,40)24-16-10-20(3)11-17-24/h7-17,21,28H,5-6,18-19H2,1-4H3,(H,34,38)/t21-,28-/m1/s1. The van der Waals surface area contributed by atoms with Crippen LogP contribution < -0.4 is 9.62 Å². The van der Waals surface area contributed by atoms with Crippen LogP contribution in [0, 0.1) is 12.7 Å². The van der Waals surface area contributed by atoms with Crippen LogP contribution in [0.1, 0.15) is 44.7 Å². The van der Waals surface area contributed by atoms with E-state index < -0.39 is 34.3 Å². The van der Waals surface area contributed by atoms with E-state index in [2.05, 4.69) is 5.32 Å². The topological polar surface area (TPSA) is 86.8 Å². The molecule has 2 amide bonds. The van der Waals surface area contributed by atoms with E-state index in [1.807, 2.05) is 20.8 Å². The molecule has 0 saturated carbocycles. The van der Waals surface area contributed by atoms with Gasteiger partial charge in [-0.25, -0.2) is 12.8 Å². The number of amides is 2. The third-order valence-corrected chi connectivity index (χ3v) is 9.28. The molecule has 0 fully saturated rings. The number of nitrogens with zero attached hydrogens (tertiary/aromatic N) is 2. The van der Waals surface area contributed by atoms with Gasteiger partial charge in [-0.2, -0.15) is 0 Å². The zero-order valence-electron chi connectivity index (χ0n) is 23.4. The Kier molecular flexibility index (Phi) is 11.2. The molecule has 0 spiro atoms. The first-order chi connectivity index (χ1) is 19.4. The summed E-state index contributed by atoms with van der Waals surface area (Å²) in [5.41, 5.74) is 1.37. The SMILES string of the molecule is CC[C@@H](C)NC(=O)[C@@H](CC)N(Cc1c(Cl)cccc1Cl)C(=O)CN(c1ccc(F)cc1)S(=O)(=O)c1ccc(C)cc1. The van der Waals surface area contributed by atoms with E-state index >= 15 is 0 Å². The van der Waals surface area contributed by atoms with E-state index in [9.17, 15) is 22.4 Å². The lowest BCUT2D eigenvalue weighted by Gasteiger charge is -2.34. The molecule has 3 aromatic carbocycles. The Labute approximate surface area is 251 Å². The fourth-order valence-corrected chi connectivity index (χ4v) is 6.12. The minimum absolute atomic E-state index is 0.0394. The van der Waals surface area contributed by atoms with Crippen molar-refractivity contribution < 1.29 is 22.4 Å². The maximum Gasteiger partial charge on any atom is 0.264 e. The van der Waals surface area contributed by atoms with Gasteiger partial charge < -0.3 is 10.2 Å². The first-order valence-corrected chi connectivity index (χ1v) is 15.5. The lowest BCUT2D eigenvalue weighted by Crippen LogP contribution is -2.53. The molecule has 0 aliphatic carbocycles. The molecule has 0 saturated heterocycles. The lowest BCUT2D eigenvalue weighted by molar-refractivity contribution is -0.140. The molecule has 3 rings (SSSR count). The molecule has 0 aliphatic heterocycles. The number of halogens is 3. The molecular weight excluding hydrogens is 588 g/mol. The zero-order valence-corrected chi connectivity index (χ0v) is 25.7. The number of hydrogen-bond acceptors (Lipinski definition) is 4. The van der Waals surface area contributed by atoms with E-state index in [0.717, 1.165) is 22.0 Å². The molecule has 0 bridgehead atoms. The summed E-state index contributed by atoms with van der Waals surface area (Å²) in [7, 11) is -4.27. The number of nitrogens with one attached hydrogen (secondary N) is 1. The van der Waals surface area contributed by atoms with Crippen LogP contribution in [-0.2, 0) is 26.2 Å². The van der Waals surface area contributed by atoms with Gasteiger partial charge in [-0.1, -0.05) is 60.8 Å². The molecule has 0 aromatic heterocycles. The maximum absolute atomic E-state index is 14.1. The number of sulfonamides is 1. The van der Waals surface area contributed by atoms with Crippen LogP contribution in [0.15, 0.2) is 71.6 Å². The van der Waals surface area contributed by atoms with E-state index in [1.165, 1.54) is 29.2 Å². The molecule has 0 heterocycles. The second kappa shape index (κ2) is 14.2. The number of aryl methyl sites for hydroxylation is 1. The summed E-state index contributed by atoms with van der Waals surface area (Å²) in [4.78, 5) is 28.7. The largest absolute Gasteiger partial charge is 0.352 e. The highest BCUT2D eigenvalue weighted by molar-refractivity contribution is 7.92. The Morgan fingerprint density at radius 3 is 2.05 bits per heavy atom. The van der Waals surface area contributed by atoms with Gasteiger partial charge >= 0.3 is 0 Å². The molecule has 220 valence electrons. The Hall–Kier alpha value is -3.14. The summed E-state index contributed by atoms with van der Waals surface area (Å²) in [5.74, 6) is -1.60. The Morgan fingerprint density at radius 1 is 0.927 bits per heavy atom. The number of rotatable bonds is 12. The molecule has 11 heteroatoms. The molecule has 3 aromatic rings. The molecule has 0 aliphatic rings. The van der Waals surface area contributed by atoms with Gasteiger partial charge in [-0.05, 0) is 75.2 Å². The van der Waals surface area contributed by atoms with Gasteiger partial charge in [0, 0.05) is 28.2 Å². The molecule has 2 atom stereocenters. The van der Waals surface area contributed by atoms with Crippen LogP contribution in [0.3, 0.4) is 0 Å². The van der Waals surface area contributed by atoms with Crippen LogP contribution in [0.4, 0.5) is 10.1 Å². The number of anilines is 1. The van der Waals surface area contributed by atoms with Crippen LogP contribution in [0.2, 0.25) is 10.0 Å². The predicted octanol–water partition coefficient (Wildman–Crippen LogP) is 6.36. The van der Waals surface area contributed by atoms with Gasteiger partial charge in [-0.3, -0.25) is 13.9 Å². The van der Waals surface area contributed by atoms with Gasteiger partial charge in [0.1, 0.15) is 18.4 Å². The first kappa shape index (κ1) is 32.4. The zero-order chi connectivity index (χ0) is 30.3. The van der Waals surface area contributed by atoms with Crippen molar-refractivity contribution in [3.05, 3.63) is 93.7 Å². The molecule has 41 heavy (non-hydrogen) atoms. The summed E-state index contributed by atoms with van der Waals surface area (Å²) in [5, 5.41) is 3.51. The predicted molar refractivity (Wildman–Crippen MR) is 161 cm³/mol. The average molecular weight is 623 g/mol. The minimum Gasteiger partial charge on any atom is -0.352 e. The van der Waals surface area contributed by atoms with Gasteiger partial charge in [0.05, 0.1) is 10.6 Å². The molecule has 1 N–H and O–H groups in total. The van der Waals surface area contributed by atoms with Crippen LogP contribution in [0.5, 0.6) is 0 Å². The monoisotopic (exact) mass is 621 g/mol. The summed E-state index contributed by atoms with van der Waals surface area (Å²) >= 11 is 12.9. The highest BCUT2D eigenvalue weighted by Gasteiger charge is 2.34. The average Bonchev–Trinajstić information content (AvgIpc) is 2.93. The van der Waals surface area contributed by atoms with E-state index in [4.69, 9.17) is 23.2 Å². The van der Waals surface area contributed by atoms with Crippen molar-refractivity contribution in [1.29, 1.82) is 0 Å². The van der Waals surface area contributed by atoms with Gasteiger partial charge in [0.15, 0.2) is 0 Å². The van der Waals surface area contributed by atoms with Crippen LogP contribution in [0.25, 0.3) is 0 Å². The van der Waals surface area contributed by atoms with Crippen LogP contribution in [-0.4, -0.2) is 43.8 Å². The fourth-order valence-electron chi connectivity index (χ4n) is 4.19. The van der Waals surface area contributed by atoms with Crippen molar-refractivity contribution in [3.8, 4) is 0 Å². The second-order valence-corrected chi connectivity index (χ2v) is 12.4. The molecule has 0 radical (unpaired) electrons. The third kappa shape index (κ3) is 7.99. The highest BCUT2D eigenvalue weighted by atomic mass is 35.5. The smallest absolute Gasteiger partial charge is 0.264 e. The van der Waals surface area contributed by atoms with E-state index in [0.29, 0.717) is 22.0 Å². The quantitative estimate of drug-likeness (QED) is 0.255. The summed E-state index contributed by atoms with van der Waals surface area (Å²) in [6, 6.07) is 14.8. The van der Waals surface area contributed by atoms with Crippen molar-refractivity contribution >= 4 is 50.7 Å². The maximum atomic E-state index is 14.1. The van der Waals surface area contributed by atoms with Crippen LogP contribution >= 0.6 is 23.2 Å². The van der Waals surface area contributed by atoms with E-state index in [1.54, 1.807) is 37.3 Å². The second-order valence-electron chi connectivity index (χ2n) is 9.76. The molecule has 7 nitrogen and oxygen atoms in total. The Morgan fingerprint density at radius 2 is 1.51 bits per heavy atom. The molecular formula is C30H34Cl2FN3O4S. The highest BCUT2D eigenvalue weighted by Crippen LogP contribution is 2.29. The van der Waals surface area contributed by atoms with Crippen molar-refractivity contribution in [1.82, 2.24) is 10.2 Å². The Balaban J connectivity index is 2.09. The molecule has 0 unspecified atom stereocenters. The first-order valence-electron chi connectivity index (χ1n) is 13.3. The van der Waals surface area contributed by atoms with Crippen molar-refractivity contribution in [3.63, 3.8) is 0 Å². The minimum atomic E-state index is -4.27. The number of hydrogen-bond donors (Lipinski definition) is 1. The van der Waals surface area contributed by atoms with Crippen molar-refractivity contribution in [2.24, 2.45) is 0 Å². The van der Waals surface area contributed by atoms with Gasteiger partial charge in [-0.15, -0.1) is 0 Å². The summed E-state index contributed by atoms with van der Waals surface area (Å²) in [6.07, 6.45) is 0.928. The van der Waals surface area contributed by atoms with Gasteiger partial charge in [0.2, 0.25) is 11.8 Å². The fraction of sp³-hybridized carbons (Fsp3) is 0.333. The third-order valence-electron chi connectivity index (χ3n) is 6.78. The summed E-state index contributed by atoms with van der Waals surface area (Å²) in [6.45, 7) is 6.57. The Bertz CT molecular complexity index is 1450. The van der Waals surface area contributed by atoms with Crippen molar-refractivity contribution in [2.75, 3.05) is 10.8 Å². The number of carbonyl (C=O) groups is 2. The number of benzene rings is 3.